The standard InChI is InChI=1S/C14H18F2O3/c1-3-4-7-19-14(17)6-5-11-12(15)8-10(18-2)9-13(11)16/h8-9H,3-7H2,1-2H3. The average Bonchev–Trinajstić information content (AvgIpc) is 2.37. The van der Waals surface area contributed by atoms with Gasteiger partial charge in [0.2, 0.25) is 0 Å². The lowest BCUT2D eigenvalue weighted by Crippen LogP contribution is -2.08. The highest BCUT2D eigenvalue weighted by Crippen LogP contribution is 2.21. The van der Waals surface area contributed by atoms with Gasteiger partial charge in [0.25, 0.3) is 0 Å². The van der Waals surface area contributed by atoms with E-state index in [0.29, 0.717) is 6.61 Å². The summed E-state index contributed by atoms with van der Waals surface area (Å²) in [7, 11) is 1.33. The van der Waals surface area contributed by atoms with E-state index >= 15 is 0 Å². The second kappa shape index (κ2) is 7.71. The summed E-state index contributed by atoms with van der Waals surface area (Å²) in [5.74, 6) is -1.75. The first-order chi connectivity index (χ1) is 9.08. The fraction of sp³-hybridized carbons (Fsp3) is 0.500. The van der Waals surface area contributed by atoms with E-state index in [1.54, 1.807) is 0 Å². The molecule has 1 aromatic carbocycles. The minimum Gasteiger partial charge on any atom is -0.497 e. The van der Waals surface area contributed by atoms with E-state index in [0.717, 1.165) is 25.0 Å². The van der Waals surface area contributed by atoms with Crippen LogP contribution in [0.3, 0.4) is 0 Å². The molecule has 106 valence electrons. The smallest absolute Gasteiger partial charge is 0.306 e. The van der Waals surface area contributed by atoms with Crippen molar-refractivity contribution in [2.75, 3.05) is 13.7 Å². The first-order valence-electron chi connectivity index (χ1n) is 6.26. The lowest BCUT2D eigenvalue weighted by atomic mass is 10.1. The molecule has 5 heteroatoms. The van der Waals surface area contributed by atoms with Crippen LogP contribution in [0.4, 0.5) is 8.78 Å². The SMILES string of the molecule is CCCCOC(=O)CCc1c(F)cc(OC)cc1F. The number of unbranched alkanes of at least 4 members (excludes halogenated alkanes) is 1. The van der Waals surface area contributed by atoms with Crippen molar-refractivity contribution in [2.45, 2.75) is 32.6 Å². The quantitative estimate of drug-likeness (QED) is 0.564. The minimum atomic E-state index is -0.710. The van der Waals surface area contributed by atoms with E-state index in [9.17, 15) is 13.6 Å². The Hall–Kier alpha value is -1.65. The molecule has 1 rings (SSSR count). The molecule has 0 N–H and O–H groups in total. The summed E-state index contributed by atoms with van der Waals surface area (Å²) < 4.78 is 36.8. The topological polar surface area (TPSA) is 35.5 Å². The molecular weight excluding hydrogens is 254 g/mol. The zero-order valence-corrected chi connectivity index (χ0v) is 11.2. The van der Waals surface area contributed by atoms with Gasteiger partial charge in [-0.25, -0.2) is 8.78 Å². The maximum atomic E-state index is 13.6. The molecule has 19 heavy (non-hydrogen) atoms. The molecule has 0 radical (unpaired) electrons. The van der Waals surface area contributed by atoms with E-state index in [2.05, 4.69) is 0 Å². The Morgan fingerprint density at radius 2 is 1.89 bits per heavy atom. The summed E-state index contributed by atoms with van der Waals surface area (Å²) in [6, 6.07) is 2.20. The van der Waals surface area contributed by atoms with Gasteiger partial charge in [-0.3, -0.25) is 4.79 Å². The van der Waals surface area contributed by atoms with Crippen molar-refractivity contribution in [2.24, 2.45) is 0 Å². The summed E-state index contributed by atoms with van der Waals surface area (Å²) in [5.41, 5.74) is -0.117. The number of esters is 1. The third-order valence-corrected chi connectivity index (χ3v) is 2.69. The monoisotopic (exact) mass is 272 g/mol. The van der Waals surface area contributed by atoms with Gasteiger partial charge in [0.1, 0.15) is 17.4 Å². The molecule has 0 saturated heterocycles. The summed E-state index contributed by atoms with van der Waals surface area (Å²) in [6.07, 6.45) is 1.66. The molecule has 1 aromatic rings. The molecule has 0 aliphatic rings. The molecule has 0 unspecified atom stereocenters. The van der Waals surface area contributed by atoms with Gasteiger partial charge in [-0.2, -0.15) is 0 Å². The highest BCUT2D eigenvalue weighted by Gasteiger charge is 2.13. The van der Waals surface area contributed by atoms with Crippen LogP contribution in [0.2, 0.25) is 0 Å². The van der Waals surface area contributed by atoms with E-state index in [1.165, 1.54) is 7.11 Å². The third-order valence-electron chi connectivity index (χ3n) is 2.69. The van der Waals surface area contributed by atoms with Gasteiger partial charge < -0.3 is 9.47 Å². The number of carbonyl (C=O) groups excluding carboxylic acids is 1. The van der Waals surface area contributed by atoms with Crippen molar-refractivity contribution < 1.29 is 23.0 Å². The Bertz CT molecular complexity index is 410. The van der Waals surface area contributed by atoms with Crippen LogP contribution in [0.5, 0.6) is 5.75 Å². The van der Waals surface area contributed by atoms with Crippen LogP contribution in [0.15, 0.2) is 12.1 Å². The van der Waals surface area contributed by atoms with Crippen molar-refractivity contribution in [1.82, 2.24) is 0 Å². The summed E-state index contributed by atoms with van der Waals surface area (Å²) >= 11 is 0. The average molecular weight is 272 g/mol. The van der Waals surface area contributed by atoms with Crippen molar-refractivity contribution in [3.8, 4) is 5.75 Å². The van der Waals surface area contributed by atoms with Gasteiger partial charge in [-0.05, 0) is 12.8 Å². The van der Waals surface area contributed by atoms with Crippen molar-refractivity contribution in [1.29, 1.82) is 0 Å². The molecule has 0 spiro atoms. The van der Waals surface area contributed by atoms with Crippen LogP contribution in [0.1, 0.15) is 31.7 Å². The number of hydrogen-bond donors (Lipinski definition) is 0. The Balaban J connectivity index is 2.55. The molecule has 0 saturated carbocycles. The molecule has 0 aromatic heterocycles. The maximum Gasteiger partial charge on any atom is 0.306 e. The van der Waals surface area contributed by atoms with E-state index in [-0.39, 0.29) is 24.2 Å². The largest absolute Gasteiger partial charge is 0.497 e. The zero-order valence-electron chi connectivity index (χ0n) is 11.2. The zero-order chi connectivity index (χ0) is 14.3. The van der Waals surface area contributed by atoms with Gasteiger partial charge in [0.15, 0.2) is 0 Å². The van der Waals surface area contributed by atoms with Crippen LogP contribution < -0.4 is 4.74 Å². The van der Waals surface area contributed by atoms with E-state index < -0.39 is 17.6 Å². The van der Waals surface area contributed by atoms with Gasteiger partial charge in [-0.15, -0.1) is 0 Å². The second-order valence-corrected chi connectivity index (χ2v) is 4.14. The van der Waals surface area contributed by atoms with Crippen molar-refractivity contribution >= 4 is 5.97 Å². The summed E-state index contributed by atoms with van der Waals surface area (Å²) in [5, 5.41) is 0. The molecule has 0 bridgehead atoms. The molecule has 0 heterocycles. The molecule has 0 amide bonds. The Kier molecular flexibility index (Phi) is 6.25. The Morgan fingerprint density at radius 1 is 1.26 bits per heavy atom. The van der Waals surface area contributed by atoms with Gasteiger partial charge in [-0.1, -0.05) is 13.3 Å². The highest BCUT2D eigenvalue weighted by molar-refractivity contribution is 5.69. The summed E-state index contributed by atoms with van der Waals surface area (Å²) in [6.45, 7) is 2.33. The number of halogens is 2. The molecule has 3 nitrogen and oxygen atoms in total. The maximum absolute atomic E-state index is 13.6. The lowest BCUT2D eigenvalue weighted by Gasteiger charge is -2.08. The third kappa shape index (κ3) is 4.85. The predicted octanol–water partition coefficient (Wildman–Crippen LogP) is 3.25. The van der Waals surface area contributed by atoms with Gasteiger partial charge >= 0.3 is 5.97 Å². The summed E-state index contributed by atoms with van der Waals surface area (Å²) in [4.78, 5) is 11.3. The molecule has 0 aliphatic heterocycles. The number of methoxy groups -OCH3 is 1. The van der Waals surface area contributed by atoms with E-state index in [1.807, 2.05) is 6.92 Å². The fourth-order valence-electron chi connectivity index (χ4n) is 1.57. The number of carbonyl (C=O) groups is 1. The van der Waals surface area contributed by atoms with Crippen LogP contribution in [0, 0.1) is 11.6 Å². The molecule has 0 aliphatic carbocycles. The Morgan fingerprint density at radius 3 is 2.42 bits per heavy atom. The number of rotatable bonds is 7. The molecule has 0 fully saturated rings. The first-order valence-corrected chi connectivity index (χ1v) is 6.26. The van der Waals surface area contributed by atoms with Crippen LogP contribution >= 0.6 is 0 Å². The fourth-order valence-corrected chi connectivity index (χ4v) is 1.57. The van der Waals surface area contributed by atoms with Crippen LogP contribution in [-0.2, 0) is 16.0 Å². The van der Waals surface area contributed by atoms with E-state index in [4.69, 9.17) is 9.47 Å². The number of benzene rings is 1. The number of ether oxygens (including phenoxy) is 2. The molecule has 0 atom stereocenters. The Labute approximate surface area is 111 Å². The predicted molar refractivity (Wildman–Crippen MR) is 67.1 cm³/mol. The highest BCUT2D eigenvalue weighted by atomic mass is 19.1. The van der Waals surface area contributed by atoms with Crippen LogP contribution in [0.25, 0.3) is 0 Å². The van der Waals surface area contributed by atoms with Crippen molar-refractivity contribution in [3.05, 3.63) is 29.3 Å². The van der Waals surface area contributed by atoms with Gasteiger partial charge in [0.05, 0.1) is 13.7 Å². The number of hydrogen-bond acceptors (Lipinski definition) is 3. The lowest BCUT2D eigenvalue weighted by molar-refractivity contribution is -0.143. The second-order valence-electron chi connectivity index (χ2n) is 4.14. The van der Waals surface area contributed by atoms with Gasteiger partial charge in [0, 0.05) is 24.1 Å². The minimum absolute atomic E-state index is 0.0212. The van der Waals surface area contributed by atoms with Crippen LogP contribution in [-0.4, -0.2) is 19.7 Å². The first kappa shape index (κ1) is 15.4. The van der Waals surface area contributed by atoms with Crippen molar-refractivity contribution in [3.63, 3.8) is 0 Å². The molecular formula is C14H18F2O3. The normalized spacial score (nSPS) is 10.3.